The number of carbonyl (C=O) groups is 1. The van der Waals surface area contributed by atoms with Gasteiger partial charge in [-0.25, -0.2) is 8.42 Å². The standard InChI is InChI=1S/C28H34N2O3S/c1-6-22-10-13-24(7-2)26(17-22)18-29-28(31)25-14-11-23(12-15-25)19-30(34(5,32)33)27-16-20(3)8-9-21(27)4/h8-17H,6-7,18-19H2,1-5H3,(H,29,31). The van der Waals surface area contributed by atoms with Crippen LogP contribution in [0.3, 0.4) is 0 Å². The zero-order chi connectivity index (χ0) is 24.9. The molecule has 3 rings (SSSR count). The summed E-state index contributed by atoms with van der Waals surface area (Å²) >= 11 is 0. The molecule has 1 N–H and O–H groups in total. The Kier molecular flexibility index (Phi) is 8.15. The van der Waals surface area contributed by atoms with Crippen LogP contribution in [0.4, 0.5) is 5.69 Å². The molecular formula is C28H34N2O3S. The van der Waals surface area contributed by atoms with Gasteiger partial charge in [0.1, 0.15) is 0 Å². The van der Waals surface area contributed by atoms with Crippen molar-refractivity contribution < 1.29 is 13.2 Å². The van der Waals surface area contributed by atoms with Crippen LogP contribution in [-0.4, -0.2) is 20.6 Å². The second-order valence-electron chi connectivity index (χ2n) is 8.75. The van der Waals surface area contributed by atoms with Gasteiger partial charge in [-0.15, -0.1) is 0 Å². The molecule has 0 bridgehead atoms. The van der Waals surface area contributed by atoms with Crippen molar-refractivity contribution in [2.75, 3.05) is 10.6 Å². The molecular weight excluding hydrogens is 444 g/mol. The van der Waals surface area contributed by atoms with Gasteiger partial charge in [0.15, 0.2) is 0 Å². The number of nitrogens with zero attached hydrogens (tertiary/aromatic N) is 1. The number of rotatable bonds is 9. The molecule has 3 aromatic rings. The Morgan fingerprint density at radius 1 is 0.853 bits per heavy atom. The summed E-state index contributed by atoms with van der Waals surface area (Å²) in [6.07, 6.45) is 3.09. The van der Waals surface area contributed by atoms with Crippen LogP contribution >= 0.6 is 0 Å². The van der Waals surface area contributed by atoms with Gasteiger partial charge < -0.3 is 5.32 Å². The molecule has 0 radical (unpaired) electrons. The van der Waals surface area contributed by atoms with E-state index >= 15 is 0 Å². The van der Waals surface area contributed by atoms with Gasteiger partial charge in [-0.05, 0) is 78.3 Å². The third kappa shape index (κ3) is 6.26. The average Bonchev–Trinajstić information content (AvgIpc) is 2.82. The lowest BCUT2D eigenvalue weighted by molar-refractivity contribution is 0.0951. The number of amides is 1. The molecule has 0 aliphatic rings. The fourth-order valence-corrected chi connectivity index (χ4v) is 4.92. The molecule has 0 saturated heterocycles. The van der Waals surface area contributed by atoms with Crippen molar-refractivity contribution in [3.05, 3.63) is 99.6 Å². The normalized spacial score (nSPS) is 11.3. The number of hydrogen-bond donors (Lipinski definition) is 1. The van der Waals surface area contributed by atoms with Crippen molar-refractivity contribution in [1.29, 1.82) is 0 Å². The maximum atomic E-state index is 12.8. The Balaban J connectivity index is 1.74. The third-order valence-corrected chi connectivity index (χ3v) is 7.20. The molecule has 34 heavy (non-hydrogen) atoms. The second-order valence-corrected chi connectivity index (χ2v) is 10.7. The maximum absolute atomic E-state index is 12.8. The summed E-state index contributed by atoms with van der Waals surface area (Å²) in [7, 11) is -3.48. The highest BCUT2D eigenvalue weighted by Gasteiger charge is 2.20. The van der Waals surface area contributed by atoms with Gasteiger partial charge in [-0.2, -0.15) is 0 Å². The minimum absolute atomic E-state index is 0.148. The summed E-state index contributed by atoms with van der Waals surface area (Å²) in [5.41, 5.74) is 7.56. The molecule has 0 saturated carbocycles. The second kappa shape index (κ2) is 10.9. The molecule has 0 heterocycles. The molecule has 0 aliphatic heterocycles. The SMILES string of the molecule is CCc1ccc(CC)c(CNC(=O)c2ccc(CN(c3cc(C)ccc3C)S(C)(=O)=O)cc2)c1. The molecule has 1 amide bonds. The number of hydrogen-bond acceptors (Lipinski definition) is 3. The van der Waals surface area contributed by atoms with Crippen molar-refractivity contribution in [2.45, 2.75) is 53.6 Å². The average molecular weight is 479 g/mol. The maximum Gasteiger partial charge on any atom is 0.251 e. The van der Waals surface area contributed by atoms with E-state index in [1.807, 2.05) is 44.2 Å². The Morgan fingerprint density at radius 3 is 2.15 bits per heavy atom. The van der Waals surface area contributed by atoms with Crippen LogP contribution in [0.1, 0.15) is 57.6 Å². The summed E-state index contributed by atoms with van der Waals surface area (Å²) in [6, 6.07) is 19.3. The first kappa shape index (κ1) is 25.5. The smallest absolute Gasteiger partial charge is 0.251 e. The van der Waals surface area contributed by atoms with E-state index in [1.165, 1.54) is 21.7 Å². The number of sulfonamides is 1. The summed E-state index contributed by atoms with van der Waals surface area (Å²) < 4.78 is 26.5. The van der Waals surface area contributed by atoms with Gasteiger partial charge in [0.05, 0.1) is 18.5 Å². The molecule has 0 unspecified atom stereocenters. The predicted octanol–water partition coefficient (Wildman–Crippen LogP) is 5.32. The molecule has 0 aromatic heterocycles. The number of carbonyl (C=O) groups excluding carboxylic acids is 1. The summed E-state index contributed by atoms with van der Waals surface area (Å²) in [6.45, 7) is 8.76. The van der Waals surface area contributed by atoms with Gasteiger partial charge in [0.25, 0.3) is 5.91 Å². The topological polar surface area (TPSA) is 66.5 Å². The highest BCUT2D eigenvalue weighted by Crippen LogP contribution is 2.26. The monoisotopic (exact) mass is 478 g/mol. The fraction of sp³-hybridized carbons (Fsp3) is 0.321. The van der Waals surface area contributed by atoms with Crippen LogP contribution in [0.5, 0.6) is 0 Å². The van der Waals surface area contributed by atoms with Crippen molar-refractivity contribution in [3.63, 3.8) is 0 Å². The first-order valence-electron chi connectivity index (χ1n) is 11.6. The van der Waals surface area contributed by atoms with Crippen molar-refractivity contribution in [3.8, 4) is 0 Å². The highest BCUT2D eigenvalue weighted by atomic mass is 32.2. The molecule has 0 atom stereocenters. The van der Waals surface area contributed by atoms with E-state index in [4.69, 9.17) is 0 Å². The third-order valence-electron chi connectivity index (χ3n) is 6.08. The van der Waals surface area contributed by atoms with E-state index in [0.717, 1.165) is 35.1 Å². The number of benzene rings is 3. The van der Waals surface area contributed by atoms with Crippen molar-refractivity contribution in [2.24, 2.45) is 0 Å². The quantitative estimate of drug-likeness (QED) is 0.452. The lowest BCUT2D eigenvalue weighted by Crippen LogP contribution is -2.30. The largest absolute Gasteiger partial charge is 0.348 e. The summed E-state index contributed by atoms with van der Waals surface area (Å²) in [4.78, 5) is 12.8. The molecule has 0 fully saturated rings. The number of nitrogens with one attached hydrogen (secondary N) is 1. The highest BCUT2D eigenvalue weighted by molar-refractivity contribution is 7.92. The van der Waals surface area contributed by atoms with Crippen LogP contribution in [-0.2, 0) is 36.0 Å². The van der Waals surface area contributed by atoms with E-state index in [9.17, 15) is 13.2 Å². The van der Waals surface area contributed by atoms with E-state index in [1.54, 1.807) is 12.1 Å². The van der Waals surface area contributed by atoms with Gasteiger partial charge in [0.2, 0.25) is 10.0 Å². The summed E-state index contributed by atoms with van der Waals surface area (Å²) in [5.74, 6) is -0.148. The molecule has 6 heteroatoms. The van der Waals surface area contributed by atoms with Crippen LogP contribution in [0.2, 0.25) is 0 Å². The first-order chi connectivity index (χ1) is 16.1. The lowest BCUT2D eigenvalue weighted by atomic mass is 10.0. The minimum Gasteiger partial charge on any atom is -0.348 e. The number of aryl methyl sites for hydroxylation is 4. The Labute approximate surface area is 203 Å². The molecule has 5 nitrogen and oxygen atoms in total. The first-order valence-corrected chi connectivity index (χ1v) is 13.5. The zero-order valence-corrected chi connectivity index (χ0v) is 21.5. The summed E-state index contributed by atoms with van der Waals surface area (Å²) in [5, 5.41) is 3.02. The zero-order valence-electron chi connectivity index (χ0n) is 20.7. The van der Waals surface area contributed by atoms with Gasteiger partial charge in [-0.3, -0.25) is 9.10 Å². The van der Waals surface area contributed by atoms with Crippen LogP contribution < -0.4 is 9.62 Å². The molecule has 0 aliphatic carbocycles. The molecule has 3 aromatic carbocycles. The molecule has 0 spiro atoms. The fourth-order valence-electron chi connectivity index (χ4n) is 3.98. The predicted molar refractivity (Wildman–Crippen MR) is 140 cm³/mol. The van der Waals surface area contributed by atoms with Crippen LogP contribution in [0.25, 0.3) is 0 Å². The van der Waals surface area contributed by atoms with Crippen molar-refractivity contribution in [1.82, 2.24) is 5.32 Å². The van der Waals surface area contributed by atoms with E-state index in [2.05, 4.69) is 37.4 Å². The van der Waals surface area contributed by atoms with E-state index in [-0.39, 0.29) is 12.5 Å². The molecule has 180 valence electrons. The van der Waals surface area contributed by atoms with Crippen molar-refractivity contribution >= 4 is 21.6 Å². The Morgan fingerprint density at radius 2 is 1.53 bits per heavy atom. The Bertz CT molecular complexity index is 1270. The van der Waals surface area contributed by atoms with Crippen LogP contribution in [0, 0.1) is 13.8 Å². The lowest BCUT2D eigenvalue weighted by Gasteiger charge is -2.25. The van der Waals surface area contributed by atoms with E-state index < -0.39 is 10.0 Å². The van der Waals surface area contributed by atoms with Gasteiger partial charge >= 0.3 is 0 Å². The van der Waals surface area contributed by atoms with Crippen LogP contribution in [0.15, 0.2) is 60.7 Å². The van der Waals surface area contributed by atoms with Gasteiger partial charge in [0, 0.05) is 12.1 Å². The van der Waals surface area contributed by atoms with E-state index in [0.29, 0.717) is 17.8 Å². The van der Waals surface area contributed by atoms with Gasteiger partial charge in [-0.1, -0.05) is 56.3 Å². The minimum atomic E-state index is -3.48. The number of anilines is 1. The Hall–Kier alpha value is -3.12.